The first-order valence-corrected chi connectivity index (χ1v) is 14.4. The number of rotatable bonds is 8. The summed E-state index contributed by atoms with van der Waals surface area (Å²) in [6.45, 7) is 4.06. The molecule has 0 saturated carbocycles. The average Bonchev–Trinajstić information content (AvgIpc) is 3.54. The van der Waals surface area contributed by atoms with E-state index in [0.717, 1.165) is 24.3 Å². The van der Waals surface area contributed by atoms with Gasteiger partial charge in [0.15, 0.2) is 17.5 Å². The van der Waals surface area contributed by atoms with E-state index in [4.69, 9.17) is 21.1 Å². The second-order valence-corrected chi connectivity index (χ2v) is 12.1. The summed E-state index contributed by atoms with van der Waals surface area (Å²) in [5.41, 5.74) is -1.12. The number of fused-ring (bicyclic) bond motifs is 1. The Morgan fingerprint density at radius 3 is 2.48 bits per heavy atom. The van der Waals surface area contributed by atoms with Crippen molar-refractivity contribution in [1.29, 1.82) is 0 Å². The van der Waals surface area contributed by atoms with Crippen LogP contribution in [0.15, 0.2) is 54.6 Å². The number of aromatic carboxylic acids is 1. The van der Waals surface area contributed by atoms with Crippen LogP contribution in [0.4, 0.5) is 22.0 Å². The largest absolute Gasteiger partial charge is 0.478 e. The van der Waals surface area contributed by atoms with Gasteiger partial charge in [-0.1, -0.05) is 31.5 Å². The van der Waals surface area contributed by atoms with E-state index in [1.165, 1.54) is 30.3 Å². The number of halogens is 6. The van der Waals surface area contributed by atoms with E-state index in [9.17, 15) is 18.7 Å². The van der Waals surface area contributed by atoms with Gasteiger partial charge in [-0.2, -0.15) is 0 Å². The van der Waals surface area contributed by atoms with Gasteiger partial charge in [0, 0.05) is 33.5 Å². The lowest BCUT2D eigenvalue weighted by atomic mass is 9.87. The quantitative estimate of drug-likeness (QED) is 0.135. The number of benzene rings is 3. The van der Waals surface area contributed by atoms with Crippen molar-refractivity contribution < 1.29 is 41.3 Å². The minimum atomic E-state index is -1.50. The number of carboxylic acids is 1. The predicted octanol–water partition coefficient (Wildman–Crippen LogP) is 7.91. The summed E-state index contributed by atoms with van der Waals surface area (Å²) in [4.78, 5) is 20.1. The smallest absolute Gasteiger partial charge is 0.335 e. The molecule has 3 aromatic carbocycles. The van der Waals surface area contributed by atoms with Crippen molar-refractivity contribution in [2.75, 3.05) is 13.2 Å². The van der Waals surface area contributed by atoms with E-state index >= 15 is 13.2 Å². The summed E-state index contributed by atoms with van der Waals surface area (Å²) < 4.78 is 88.2. The molecule has 3 heterocycles. The normalized spacial score (nSPS) is 15.9. The predicted molar refractivity (Wildman–Crippen MR) is 158 cm³/mol. The van der Waals surface area contributed by atoms with E-state index in [1.54, 1.807) is 4.57 Å². The Balaban J connectivity index is 1.36. The number of aromatic nitrogens is 3. The molecule has 0 amide bonds. The van der Waals surface area contributed by atoms with E-state index in [1.807, 2.05) is 13.8 Å². The fraction of sp³-hybridized carbons (Fsp3) is 0.242. The zero-order chi connectivity index (χ0) is 32.9. The van der Waals surface area contributed by atoms with Gasteiger partial charge in [0.1, 0.15) is 24.1 Å². The number of carbonyl (C=O) groups is 1. The monoisotopic (exact) mass is 657 g/mol. The van der Waals surface area contributed by atoms with Gasteiger partial charge in [0.2, 0.25) is 0 Å². The third-order valence-corrected chi connectivity index (χ3v) is 8.27. The summed E-state index contributed by atoms with van der Waals surface area (Å²) in [7, 11) is 0. The van der Waals surface area contributed by atoms with Gasteiger partial charge in [0.25, 0.3) is 5.88 Å². The lowest BCUT2D eigenvalue weighted by molar-refractivity contribution is 0.0697. The topological polar surface area (TPSA) is 86.5 Å². The van der Waals surface area contributed by atoms with Gasteiger partial charge >= 0.3 is 5.97 Å². The van der Waals surface area contributed by atoms with Crippen LogP contribution in [0.25, 0.3) is 22.3 Å². The maximum atomic E-state index is 15.7. The number of imidazole rings is 1. The molecular formula is C33H25ClF5N3O4. The highest BCUT2D eigenvalue weighted by atomic mass is 35.5. The zero-order valence-corrected chi connectivity index (χ0v) is 25.1. The molecule has 5 aromatic rings. The molecule has 238 valence electrons. The molecule has 0 spiro atoms. The molecule has 1 saturated heterocycles. The third-order valence-electron chi connectivity index (χ3n) is 8.03. The first-order valence-electron chi connectivity index (χ1n) is 14.1. The van der Waals surface area contributed by atoms with Crippen LogP contribution in [0.3, 0.4) is 0 Å². The second-order valence-electron chi connectivity index (χ2n) is 11.6. The van der Waals surface area contributed by atoms with Gasteiger partial charge < -0.3 is 19.1 Å². The zero-order valence-electron chi connectivity index (χ0n) is 24.4. The SMILES string of the molecule is CC1(C)COCC1n1c(Cc2c(F)cc(-c3ccc(F)c(OCc4ccc(Cl)cc4F)n3)c(F)c2F)nc2ccc(C(=O)O)cc21. The Kier molecular flexibility index (Phi) is 8.20. The summed E-state index contributed by atoms with van der Waals surface area (Å²) in [5, 5.41) is 9.70. The lowest BCUT2D eigenvalue weighted by Gasteiger charge is -2.28. The Morgan fingerprint density at radius 2 is 1.78 bits per heavy atom. The molecule has 1 N–H and O–H groups in total. The molecule has 1 aliphatic rings. The molecule has 6 rings (SSSR count). The summed E-state index contributed by atoms with van der Waals surface area (Å²) in [6.07, 6.45) is -0.476. The molecule has 2 aromatic heterocycles. The number of nitrogens with zero attached hydrogens (tertiary/aromatic N) is 3. The van der Waals surface area contributed by atoms with Crippen LogP contribution in [-0.2, 0) is 17.8 Å². The van der Waals surface area contributed by atoms with E-state index < -0.39 is 70.5 Å². The second kappa shape index (κ2) is 12.0. The summed E-state index contributed by atoms with van der Waals surface area (Å²) in [6, 6.07) is 10.4. The number of pyridine rings is 1. The van der Waals surface area contributed by atoms with E-state index in [0.29, 0.717) is 17.6 Å². The Labute approximate surface area is 264 Å². The van der Waals surface area contributed by atoms with Crippen molar-refractivity contribution in [1.82, 2.24) is 14.5 Å². The molecule has 0 bridgehead atoms. The highest BCUT2D eigenvalue weighted by Gasteiger charge is 2.39. The maximum absolute atomic E-state index is 15.7. The standard InChI is InChI=1S/C33H25ClF5N3O4/c1-33(2)15-45-14-27(33)42-26-9-16(32(43)44)4-7-25(26)40-28(42)12-19-23(37)11-20(30(39)29(19)38)24-8-6-21(35)31(41-24)46-13-17-3-5-18(34)10-22(17)36/h3-11,27H,12-15H2,1-2H3,(H,43,44). The molecule has 7 nitrogen and oxygen atoms in total. The molecule has 1 unspecified atom stereocenters. The van der Waals surface area contributed by atoms with E-state index in [2.05, 4.69) is 9.97 Å². The van der Waals surface area contributed by atoms with Crippen molar-refractivity contribution in [3.05, 3.63) is 111 Å². The fourth-order valence-electron chi connectivity index (χ4n) is 5.53. The average molecular weight is 658 g/mol. The van der Waals surface area contributed by atoms with Crippen molar-refractivity contribution in [2.24, 2.45) is 5.41 Å². The minimum absolute atomic E-state index is 0.00173. The molecule has 0 radical (unpaired) electrons. The van der Waals surface area contributed by atoms with E-state index in [-0.39, 0.29) is 40.3 Å². The number of ether oxygens (including phenoxy) is 2. The van der Waals surface area contributed by atoms with Gasteiger partial charge in [-0.15, -0.1) is 0 Å². The van der Waals surface area contributed by atoms with Gasteiger partial charge in [-0.25, -0.2) is 36.7 Å². The first-order chi connectivity index (χ1) is 21.8. The van der Waals surface area contributed by atoms with Crippen LogP contribution in [0.1, 0.15) is 47.2 Å². The van der Waals surface area contributed by atoms with Crippen LogP contribution >= 0.6 is 11.6 Å². The van der Waals surface area contributed by atoms with Crippen molar-refractivity contribution in [3.63, 3.8) is 0 Å². The molecule has 46 heavy (non-hydrogen) atoms. The number of carboxylic acid groups (broad SMARTS) is 1. The Bertz CT molecular complexity index is 2020. The molecule has 0 aliphatic carbocycles. The molecule has 13 heteroatoms. The molecule has 1 fully saturated rings. The maximum Gasteiger partial charge on any atom is 0.335 e. The Hall–Kier alpha value is -4.55. The summed E-state index contributed by atoms with van der Waals surface area (Å²) in [5.74, 6) is -7.33. The van der Waals surface area contributed by atoms with Crippen LogP contribution in [0.2, 0.25) is 5.02 Å². The van der Waals surface area contributed by atoms with Crippen LogP contribution in [-0.4, -0.2) is 38.8 Å². The summed E-state index contributed by atoms with van der Waals surface area (Å²) >= 11 is 5.75. The first kappa shape index (κ1) is 31.4. The van der Waals surface area contributed by atoms with Crippen molar-refractivity contribution in [3.8, 4) is 17.1 Å². The van der Waals surface area contributed by atoms with Crippen molar-refractivity contribution >= 4 is 28.6 Å². The van der Waals surface area contributed by atoms with Crippen LogP contribution in [0.5, 0.6) is 5.88 Å². The fourth-order valence-corrected chi connectivity index (χ4v) is 5.69. The van der Waals surface area contributed by atoms with Gasteiger partial charge in [-0.3, -0.25) is 0 Å². The third kappa shape index (κ3) is 5.78. The van der Waals surface area contributed by atoms with Gasteiger partial charge in [0.05, 0.1) is 41.5 Å². The number of hydrogen-bond acceptors (Lipinski definition) is 5. The highest BCUT2D eigenvalue weighted by molar-refractivity contribution is 6.30. The molecular weight excluding hydrogens is 633 g/mol. The van der Waals surface area contributed by atoms with Gasteiger partial charge in [-0.05, 0) is 48.5 Å². The highest BCUT2D eigenvalue weighted by Crippen LogP contribution is 2.41. The Morgan fingerprint density at radius 1 is 1.00 bits per heavy atom. The molecule has 1 atom stereocenters. The van der Waals surface area contributed by atoms with Crippen LogP contribution in [0, 0.1) is 34.5 Å². The van der Waals surface area contributed by atoms with Crippen LogP contribution < -0.4 is 4.74 Å². The van der Waals surface area contributed by atoms with Crippen molar-refractivity contribution in [2.45, 2.75) is 32.9 Å². The number of hydrogen-bond donors (Lipinski definition) is 1. The minimum Gasteiger partial charge on any atom is -0.478 e. The lowest BCUT2D eigenvalue weighted by Crippen LogP contribution is -2.27. The molecule has 1 aliphatic heterocycles.